The highest BCUT2D eigenvalue weighted by molar-refractivity contribution is 6.15. The van der Waals surface area contributed by atoms with Gasteiger partial charge in [-0.2, -0.15) is 5.10 Å². The second-order valence-electron chi connectivity index (χ2n) is 6.48. The summed E-state index contributed by atoms with van der Waals surface area (Å²) in [5, 5.41) is 7.28. The highest BCUT2D eigenvalue weighted by Crippen LogP contribution is 2.40. The topological polar surface area (TPSA) is 72.2 Å². The van der Waals surface area contributed by atoms with Gasteiger partial charge in [-0.15, -0.1) is 0 Å². The molecule has 1 atom stereocenters. The normalized spacial score (nSPS) is 21.5. The maximum Gasteiger partial charge on any atom is 0.251 e. The fourth-order valence-corrected chi connectivity index (χ4v) is 4.06. The molecule has 6 heteroatoms. The number of carbonyl (C=O) groups excluding carboxylic acids is 1. The van der Waals surface area contributed by atoms with Crippen LogP contribution in [0.25, 0.3) is 0 Å². The molecule has 116 valence electrons. The Kier molecular flexibility index (Phi) is 2.68. The van der Waals surface area contributed by atoms with Gasteiger partial charge in [-0.05, 0) is 48.8 Å². The molecule has 1 amide bonds. The number of carbonyl (C=O) groups is 1. The first kappa shape index (κ1) is 13.0. The monoisotopic (exact) mass is 307 g/mol. The number of amides is 1. The van der Waals surface area contributed by atoms with E-state index in [0.29, 0.717) is 6.54 Å². The molecule has 0 fully saturated rings. The fourth-order valence-electron chi connectivity index (χ4n) is 4.06. The van der Waals surface area contributed by atoms with E-state index in [4.69, 9.17) is 4.99 Å². The quantitative estimate of drug-likeness (QED) is 0.914. The number of nitrogens with zero attached hydrogens (tertiary/aromatic N) is 4. The molecule has 0 bridgehead atoms. The molecule has 6 nitrogen and oxygen atoms in total. The predicted molar refractivity (Wildman–Crippen MR) is 85.8 cm³/mol. The number of fused-ring (bicyclic) bond motifs is 2. The lowest BCUT2D eigenvalue weighted by Crippen LogP contribution is -2.30. The highest BCUT2D eigenvalue weighted by atomic mass is 16.2. The van der Waals surface area contributed by atoms with Crippen LogP contribution in [0.4, 0.5) is 5.69 Å². The Labute approximate surface area is 133 Å². The molecule has 1 aromatic heterocycles. The minimum atomic E-state index is -0.442. The van der Waals surface area contributed by atoms with Crippen LogP contribution in [0.15, 0.2) is 23.7 Å². The summed E-state index contributed by atoms with van der Waals surface area (Å²) in [7, 11) is 0. The number of hydrogen-bond donors (Lipinski definition) is 1. The second-order valence-corrected chi connectivity index (χ2v) is 6.48. The smallest absolute Gasteiger partial charge is 0.251 e. The van der Waals surface area contributed by atoms with E-state index >= 15 is 0 Å². The van der Waals surface area contributed by atoms with Crippen LogP contribution in [0.2, 0.25) is 0 Å². The third-order valence-electron chi connectivity index (χ3n) is 5.09. The summed E-state index contributed by atoms with van der Waals surface area (Å²) < 4.78 is 1.67. The van der Waals surface area contributed by atoms with Crippen LogP contribution < -0.4 is 5.32 Å². The van der Waals surface area contributed by atoms with Gasteiger partial charge in [-0.3, -0.25) is 14.5 Å². The van der Waals surface area contributed by atoms with E-state index in [9.17, 15) is 4.79 Å². The Morgan fingerprint density at radius 1 is 1.22 bits per heavy atom. The second kappa shape index (κ2) is 4.75. The average molecular weight is 307 g/mol. The van der Waals surface area contributed by atoms with Gasteiger partial charge in [-0.25, -0.2) is 4.98 Å². The van der Waals surface area contributed by atoms with Crippen LogP contribution in [0.5, 0.6) is 0 Å². The number of aliphatic imine (C=N–C) groups is 1. The van der Waals surface area contributed by atoms with E-state index in [1.807, 2.05) is 0 Å². The fraction of sp³-hybridized carbons (Fsp3) is 0.412. The van der Waals surface area contributed by atoms with E-state index in [1.54, 1.807) is 11.0 Å². The number of aromatic nitrogens is 3. The Morgan fingerprint density at radius 3 is 3.04 bits per heavy atom. The molecule has 2 aromatic rings. The maximum atomic E-state index is 12.7. The molecular weight excluding hydrogens is 290 g/mol. The molecule has 0 saturated carbocycles. The zero-order valence-corrected chi connectivity index (χ0v) is 12.7. The van der Waals surface area contributed by atoms with Crippen molar-refractivity contribution in [2.75, 3.05) is 5.32 Å². The molecular formula is C17H17N5O. The standard InChI is InChI=1S/C17H17N5O/c23-17-14(7-22-9-18-8-19-22)20-13-5-4-11-6-10-2-1-3-12(10)16(21-17)15(11)13/h6,8-9,14H,1-5,7H2,(H,21,23). The first-order valence-corrected chi connectivity index (χ1v) is 8.17. The van der Waals surface area contributed by atoms with Crippen LogP contribution >= 0.6 is 0 Å². The molecule has 23 heavy (non-hydrogen) atoms. The number of hydrogen-bond acceptors (Lipinski definition) is 4. The third-order valence-corrected chi connectivity index (χ3v) is 5.09. The molecule has 2 heterocycles. The number of aryl methyl sites for hydroxylation is 2. The maximum absolute atomic E-state index is 12.7. The summed E-state index contributed by atoms with van der Waals surface area (Å²) in [4.78, 5) is 21.4. The summed E-state index contributed by atoms with van der Waals surface area (Å²) in [6, 6.07) is 1.90. The Bertz CT molecular complexity index is 837. The minimum absolute atomic E-state index is 0.0371. The van der Waals surface area contributed by atoms with Crippen molar-refractivity contribution in [1.29, 1.82) is 0 Å². The first-order valence-electron chi connectivity index (χ1n) is 8.17. The average Bonchev–Trinajstić information content (AvgIpc) is 3.25. The van der Waals surface area contributed by atoms with Gasteiger partial charge in [0.25, 0.3) is 5.91 Å². The van der Waals surface area contributed by atoms with Crippen LogP contribution in [0, 0.1) is 0 Å². The van der Waals surface area contributed by atoms with Crippen molar-refractivity contribution in [3.63, 3.8) is 0 Å². The van der Waals surface area contributed by atoms with Gasteiger partial charge < -0.3 is 5.32 Å². The molecule has 2 aliphatic carbocycles. The van der Waals surface area contributed by atoms with Gasteiger partial charge in [0.15, 0.2) is 0 Å². The van der Waals surface area contributed by atoms with Crippen LogP contribution in [0.1, 0.15) is 35.1 Å². The molecule has 0 saturated heterocycles. The molecule has 0 radical (unpaired) electrons. The van der Waals surface area contributed by atoms with Crippen LogP contribution in [0.3, 0.4) is 0 Å². The number of rotatable bonds is 2. The molecule has 1 unspecified atom stereocenters. The molecule has 5 rings (SSSR count). The van der Waals surface area contributed by atoms with Gasteiger partial charge >= 0.3 is 0 Å². The van der Waals surface area contributed by atoms with Crippen molar-refractivity contribution in [1.82, 2.24) is 14.8 Å². The van der Waals surface area contributed by atoms with Gasteiger partial charge in [-0.1, -0.05) is 6.07 Å². The van der Waals surface area contributed by atoms with Crippen molar-refractivity contribution in [3.8, 4) is 0 Å². The summed E-state index contributed by atoms with van der Waals surface area (Å²) in [5.74, 6) is -0.0371. The van der Waals surface area contributed by atoms with Crippen LogP contribution in [-0.2, 0) is 30.6 Å². The predicted octanol–water partition coefficient (Wildman–Crippen LogP) is 1.52. The first-order chi connectivity index (χ1) is 11.3. The molecule has 0 spiro atoms. The lowest BCUT2D eigenvalue weighted by Gasteiger charge is -2.15. The van der Waals surface area contributed by atoms with E-state index in [2.05, 4.69) is 21.5 Å². The van der Waals surface area contributed by atoms with Crippen molar-refractivity contribution >= 4 is 17.3 Å². The zero-order chi connectivity index (χ0) is 15.4. The SMILES string of the molecule is O=C1Nc2c3c(cc4c2C(=NC1Cn1cncn1)CC4)CCC3. The summed E-state index contributed by atoms with van der Waals surface area (Å²) >= 11 is 0. The largest absolute Gasteiger partial charge is 0.323 e. The molecule has 1 N–H and O–H groups in total. The highest BCUT2D eigenvalue weighted by Gasteiger charge is 2.33. The Hall–Kier alpha value is -2.50. The number of anilines is 1. The van der Waals surface area contributed by atoms with Gasteiger partial charge in [0, 0.05) is 11.3 Å². The van der Waals surface area contributed by atoms with E-state index < -0.39 is 6.04 Å². The molecule has 3 aliphatic rings. The van der Waals surface area contributed by atoms with E-state index in [-0.39, 0.29) is 5.91 Å². The summed E-state index contributed by atoms with van der Waals surface area (Å²) in [6.07, 6.45) is 8.42. The molecule has 1 aliphatic heterocycles. The third kappa shape index (κ3) is 1.94. The van der Waals surface area contributed by atoms with E-state index in [0.717, 1.165) is 37.1 Å². The summed E-state index contributed by atoms with van der Waals surface area (Å²) in [6.45, 7) is 0.431. The van der Waals surface area contributed by atoms with Gasteiger partial charge in [0.05, 0.1) is 12.2 Å². The van der Waals surface area contributed by atoms with Crippen LogP contribution in [-0.4, -0.2) is 32.4 Å². The minimum Gasteiger partial charge on any atom is -0.323 e. The van der Waals surface area contributed by atoms with E-state index in [1.165, 1.54) is 35.0 Å². The zero-order valence-electron chi connectivity index (χ0n) is 12.7. The lowest BCUT2D eigenvalue weighted by atomic mass is 9.98. The number of nitrogens with one attached hydrogen (secondary N) is 1. The van der Waals surface area contributed by atoms with Gasteiger partial charge in [0.2, 0.25) is 0 Å². The summed E-state index contributed by atoms with van der Waals surface area (Å²) in [5.41, 5.74) is 7.40. The lowest BCUT2D eigenvalue weighted by molar-refractivity contribution is -0.117. The van der Waals surface area contributed by atoms with Crippen molar-refractivity contribution in [2.24, 2.45) is 4.99 Å². The van der Waals surface area contributed by atoms with Crippen molar-refractivity contribution in [2.45, 2.75) is 44.7 Å². The Balaban J connectivity index is 1.61. The number of benzene rings is 1. The van der Waals surface area contributed by atoms with Crippen molar-refractivity contribution < 1.29 is 4.79 Å². The molecule has 1 aromatic carbocycles. The van der Waals surface area contributed by atoms with Gasteiger partial charge in [0.1, 0.15) is 18.7 Å². The Morgan fingerprint density at radius 2 is 2.17 bits per heavy atom. The van der Waals surface area contributed by atoms with Crippen molar-refractivity contribution in [3.05, 3.63) is 41.0 Å².